The lowest BCUT2D eigenvalue weighted by Gasteiger charge is -2.43. The van der Waals surface area contributed by atoms with Crippen LogP contribution in [-0.4, -0.2) is 71.8 Å². The zero-order valence-electron chi connectivity index (χ0n) is 20.4. The number of fused-ring (bicyclic) bond motifs is 5. The van der Waals surface area contributed by atoms with Crippen molar-refractivity contribution in [2.75, 3.05) is 26.2 Å². The molecule has 3 aliphatic rings. The summed E-state index contributed by atoms with van der Waals surface area (Å²) in [5, 5.41) is 0.269. The van der Waals surface area contributed by atoms with Crippen LogP contribution in [0.4, 0.5) is 0 Å². The highest BCUT2D eigenvalue weighted by Crippen LogP contribution is 2.35. The molecule has 3 atom stereocenters. The molecule has 38 heavy (non-hydrogen) atoms. The molecule has 1 unspecified atom stereocenters. The predicted molar refractivity (Wildman–Crippen MR) is 143 cm³/mol. The van der Waals surface area contributed by atoms with Crippen molar-refractivity contribution in [3.63, 3.8) is 0 Å². The van der Waals surface area contributed by atoms with Crippen molar-refractivity contribution in [3.8, 4) is 0 Å². The van der Waals surface area contributed by atoms with E-state index in [2.05, 4.69) is 9.71 Å². The zero-order chi connectivity index (χ0) is 26.6. The van der Waals surface area contributed by atoms with Crippen LogP contribution in [0, 0.1) is 5.92 Å². The Labute approximate surface area is 228 Å². The number of rotatable bonds is 5. The van der Waals surface area contributed by atoms with Gasteiger partial charge in [-0.15, -0.1) is 11.3 Å². The molecule has 6 rings (SSSR count). The second-order valence-electron chi connectivity index (χ2n) is 10.2. The van der Waals surface area contributed by atoms with Crippen molar-refractivity contribution >= 4 is 55.0 Å². The fraction of sp³-hybridized carbons (Fsp3) is 0.440. The summed E-state index contributed by atoms with van der Waals surface area (Å²) in [6.45, 7) is 1.93. The first-order valence-electron chi connectivity index (χ1n) is 12.5. The largest absolute Gasteiger partial charge is 0.340 e. The Morgan fingerprint density at radius 2 is 2.00 bits per heavy atom. The third kappa shape index (κ3) is 4.74. The van der Waals surface area contributed by atoms with Gasteiger partial charge in [-0.1, -0.05) is 17.7 Å². The summed E-state index contributed by atoms with van der Waals surface area (Å²) in [6.07, 6.45) is 1.87. The second-order valence-corrected chi connectivity index (χ2v) is 13.6. The Balaban J connectivity index is 1.13. The average Bonchev–Trinajstić information content (AvgIpc) is 3.31. The molecule has 2 bridgehead atoms. The van der Waals surface area contributed by atoms with Crippen LogP contribution in [0.3, 0.4) is 0 Å². The molecule has 3 aromatic rings. The summed E-state index contributed by atoms with van der Waals surface area (Å²) in [4.78, 5) is 46.2. The summed E-state index contributed by atoms with van der Waals surface area (Å²) < 4.78 is 31.3. The molecule has 3 aliphatic heterocycles. The number of amides is 2. The highest BCUT2D eigenvalue weighted by atomic mass is 35.5. The number of sulfonamides is 1. The number of pyridine rings is 2. The Bertz CT molecular complexity index is 1600. The van der Waals surface area contributed by atoms with Crippen LogP contribution in [-0.2, 0) is 26.2 Å². The van der Waals surface area contributed by atoms with Crippen LogP contribution in [0.2, 0.25) is 5.15 Å². The number of thiophene rings is 1. The maximum absolute atomic E-state index is 13.3. The summed E-state index contributed by atoms with van der Waals surface area (Å²) in [7, 11) is -3.97. The molecule has 3 aromatic heterocycles. The number of nitrogens with zero attached hydrogens (tertiary/aromatic N) is 4. The topological polar surface area (TPSA) is 122 Å². The fourth-order valence-corrected chi connectivity index (χ4v) is 8.54. The van der Waals surface area contributed by atoms with E-state index >= 15 is 0 Å². The van der Waals surface area contributed by atoms with Crippen LogP contribution in [0.5, 0.6) is 0 Å². The lowest BCUT2D eigenvalue weighted by atomic mass is 9.83. The number of likely N-dealkylation sites (tertiary alicyclic amines) is 2. The molecule has 0 radical (unpaired) electrons. The van der Waals surface area contributed by atoms with Crippen LogP contribution >= 0.6 is 22.9 Å². The van der Waals surface area contributed by atoms with Gasteiger partial charge in [-0.05, 0) is 49.4 Å². The predicted octanol–water partition coefficient (Wildman–Crippen LogP) is 2.03. The number of hydrogen-bond donors (Lipinski definition) is 1. The van der Waals surface area contributed by atoms with Gasteiger partial charge in [-0.2, -0.15) is 4.72 Å². The van der Waals surface area contributed by atoms with E-state index in [1.807, 2.05) is 10.6 Å². The van der Waals surface area contributed by atoms with Crippen molar-refractivity contribution in [1.29, 1.82) is 0 Å². The minimum absolute atomic E-state index is 0.0138. The molecule has 13 heteroatoms. The molecule has 0 saturated carbocycles. The van der Waals surface area contributed by atoms with Gasteiger partial charge in [0, 0.05) is 43.9 Å². The second kappa shape index (κ2) is 9.74. The number of piperidine rings is 2. The number of halogens is 1. The molecule has 0 spiro atoms. The lowest BCUT2D eigenvalue weighted by molar-refractivity contribution is -0.144. The van der Waals surface area contributed by atoms with Crippen LogP contribution < -0.4 is 10.3 Å². The highest BCUT2D eigenvalue weighted by Gasteiger charge is 2.38. The number of aromatic nitrogens is 2. The highest BCUT2D eigenvalue weighted by molar-refractivity contribution is 7.91. The van der Waals surface area contributed by atoms with Crippen molar-refractivity contribution in [3.05, 3.63) is 57.6 Å². The summed E-state index contributed by atoms with van der Waals surface area (Å²) >= 11 is 6.98. The zero-order valence-corrected chi connectivity index (χ0v) is 22.8. The van der Waals surface area contributed by atoms with Crippen LogP contribution in [0.25, 0.3) is 10.2 Å². The molecule has 6 heterocycles. The average molecular weight is 576 g/mol. The van der Waals surface area contributed by atoms with Crippen LogP contribution in [0.1, 0.15) is 30.9 Å². The van der Waals surface area contributed by atoms with E-state index in [0.717, 1.165) is 23.5 Å². The summed E-state index contributed by atoms with van der Waals surface area (Å²) in [5.74, 6) is -0.282. The number of hydrogen-bond acceptors (Lipinski definition) is 7. The molecule has 2 fully saturated rings. The van der Waals surface area contributed by atoms with Gasteiger partial charge in [0.15, 0.2) is 0 Å². The summed E-state index contributed by atoms with van der Waals surface area (Å²) in [6, 6.07) is 9.07. The minimum atomic E-state index is -3.97. The van der Waals surface area contributed by atoms with Gasteiger partial charge in [0.1, 0.15) is 15.4 Å². The molecule has 0 aliphatic carbocycles. The van der Waals surface area contributed by atoms with E-state index in [1.165, 1.54) is 11.0 Å². The van der Waals surface area contributed by atoms with E-state index in [4.69, 9.17) is 11.6 Å². The fourth-order valence-electron chi connectivity index (χ4n) is 5.82. The molecule has 200 valence electrons. The third-order valence-corrected chi connectivity index (χ3v) is 10.8. The minimum Gasteiger partial charge on any atom is -0.340 e. The molecule has 10 nitrogen and oxygen atoms in total. The normalized spacial score (nSPS) is 23.5. The summed E-state index contributed by atoms with van der Waals surface area (Å²) in [5.41, 5.74) is 1.41. The number of nitrogens with one attached hydrogen (secondary N) is 1. The van der Waals surface area contributed by atoms with Crippen molar-refractivity contribution in [1.82, 2.24) is 24.1 Å². The van der Waals surface area contributed by atoms with Gasteiger partial charge in [-0.3, -0.25) is 14.4 Å². The standard InChI is InChI=1S/C25H26ClN5O5S2/c26-21-7-6-20-18(27-21)10-24(37-20)38(35,36)28-17-3-2-8-29(25(17)34)14-23(33)30-11-15-9-16(13-30)19-4-1-5-22(32)31(19)12-15/h1,4-7,10,15-17,28H,2-3,8-9,11-14H2/t15?,16-,17-/m0/s1. The Morgan fingerprint density at radius 3 is 2.84 bits per heavy atom. The van der Waals surface area contributed by atoms with E-state index in [1.54, 1.807) is 29.2 Å². The molecule has 2 amide bonds. The van der Waals surface area contributed by atoms with Gasteiger partial charge in [0.2, 0.25) is 11.8 Å². The SMILES string of the molecule is O=C(CN1CCC[C@H](NS(=O)(=O)c2cc3nc(Cl)ccc3s2)C1=O)N1CC2C[C@@H](C1)c1cccc(=O)n1C2. The van der Waals surface area contributed by atoms with Gasteiger partial charge in [-0.25, -0.2) is 13.4 Å². The van der Waals surface area contributed by atoms with E-state index in [-0.39, 0.29) is 39.2 Å². The van der Waals surface area contributed by atoms with E-state index < -0.39 is 22.0 Å². The molecule has 2 saturated heterocycles. The van der Waals surface area contributed by atoms with Crippen molar-refractivity contribution in [2.24, 2.45) is 5.92 Å². The monoisotopic (exact) mass is 575 g/mol. The van der Waals surface area contributed by atoms with Crippen molar-refractivity contribution < 1.29 is 18.0 Å². The van der Waals surface area contributed by atoms with E-state index in [9.17, 15) is 22.8 Å². The first-order valence-corrected chi connectivity index (χ1v) is 15.2. The van der Waals surface area contributed by atoms with Gasteiger partial charge in [0.25, 0.3) is 15.6 Å². The molecular weight excluding hydrogens is 550 g/mol. The van der Waals surface area contributed by atoms with Gasteiger partial charge < -0.3 is 14.4 Å². The maximum atomic E-state index is 13.3. The Hall–Kier alpha value is -2.80. The van der Waals surface area contributed by atoms with Gasteiger partial charge >= 0.3 is 0 Å². The Morgan fingerprint density at radius 1 is 1.16 bits per heavy atom. The van der Waals surface area contributed by atoms with E-state index in [0.29, 0.717) is 49.2 Å². The molecule has 1 N–H and O–H groups in total. The first-order chi connectivity index (χ1) is 18.2. The Kier molecular flexibility index (Phi) is 6.53. The maximum Gasteiger partial charge on any atom is 0.250 e. The van der Waals surface area contributed by atoms with Crippen LogP contribution in [0.15, 0.2) is 45.4 Å². The quantitative estimate of drug-likeness (QED) is 0.465. The smallest absolute Gasteiger partial charge is 0.250 e. The van der Waals surface area contributed by atoms with Crippen molar-refractivity contribution in [2.45, 2.75) is 42.0 Å². The first kappa shape index (κ1) is 25.5. The third-order valence-electron chi connectivity index (χ3n) is 7.57. The molecular formula is C25H26ClN5O5S2. The van der Waals surface area contributed by atoms with Gasteiger partial charge in [0.05, 0.1) is 16.8 Å². The lowest BCUT2D eigenvalue weighted by Crippen LogP contribution is -2.56. The number of carbonyl (C=O) groups is 2. The number of carbonyl (C=O) groups excluding carboxylic acids is 2. The molecule has 0 aromatic carbocycles.